The number of nitrogens with zero attached hydrogens (tertiary/aromatic N) is 2. The fourth-order valence-corrected chi connectivity index (χ4v) is 4.86. The molecule has 0 saturated carbocycles. The number of hydrogen-bond acceptors (Lipinski definition) is 4. The van der Waals surface area contributed by atoms with Crippen molar-refractivity contribution in [3.05, 3.63) is 99.5 Å². The summed E-state index contributed by atoms with van der Waals surface area (Å²) in [5.74, 6) is -0.528. The standard InChI is InChI=1S/C24H24BrN3O3S/c1-18-9-11-23(12-10-18)32(30,31)28(16-21-7-3-5-19(2)13-21)17-24(29)27-26-15-20-6-4-8-22(25)14-20/h3-15H,16-17H2,1-2H3,(H,27,29)/b26-15-. The van der Waals surface area contributed by atoms with Crippen LogP contribution in [-0.2, 0) is 21.4 Å². The molecule has 166 valence electrons. The van der Waals surface area contributed by atoms with Gasteiger partial charge in [0.15, 0.2) is 0 Å². The highest BCUT2D eigenvalue weighted by Crippen LogP contribution is 2.19. The molecule has 0 bridgehead atoms. The molecule has 0 aliphatic carbocycles. The molecule has 0 saturated heterocycles. The van der Waals surface area contributed by atoms with Gasteiger partial charge in [0.2, 0.25) is 10.0 Å². The molecule has 32 heavy (non-hydrogen) atoms. The first-order valence-corrected chi connectivity index (χ1v) is 12.2. The van der Waals surface area contributed by atoms with Crippen LogP contribution in [0.1, 0.15) is 22.3 Å². The van der Waals surface area contributed by atoms with E-state index in [2.05, 4.69) is 26.5 Å². The second-order valence-electron chi connectivity index (χ2n) is 7.42. The second kappa shape index (κ2) is 10.7. The van der Waals surface area contributed by atoms with Gasteiger partial charge in [-0.05, 0) is 49.2 Å². The van der Waals surface area contributed by atoms with E-state index in [1.807, 2.05) is 62.4 Å². The summed E-state index contributed by atoms with van der Waals surface area (Å²) in [6.45, 7) is 3.53. The number of carbonyl (C=O) groups excluding carboxylic acids is 1. The molecule has 8 heteroatoms. The maximum absolute atomic E-state index is 13.3. The smallest absolute Gasteiger partial charge is 0.255 e. The van der Waals surface area contributed by atoms with Gasteiger partial charge < -0.3 is 0 Å². The lowest BCUT2D eigenvalue weighted by Gasteiger charge is -2.22. The summed E-state index contributed by atoms with van der Waals surface area (Å²) in [6, 6.07) is 21.5. The number of hydrogen-bond donors (Lipinski definition) is 1. The normalized spacial score (nSPS) is 11.8. The minimum absolute atomic E-state index is 0.0701. The summed E-state index contributed by atoms with van der Waals surface area (Å²) in [4.78, 5) is 12.7. The van der Waals surface area contributed by atoms with Crippen molar-refractivity contribution >= 4 is 38.1 Å². The highest BCUT2D eigenvalue weighted by atomic mass is 79.9. The van der Waals surface area contributed by atoms with Crippen molar-refractivity contribution in [2.75, 3.05) is 6.54 Å². The molecule has 6 nitrogen and oxygen atoms in total. The molecular weight excluding hydrogens is 490 g/mol. The fourth-order valence-electron chi connectivity index (χ4n) is 3.06. The van der Waals surface area contributed by atoms with Crippen LogP contribution >= 0.6 is 15.9 Å². The highest BCUT2D eigenvalue weighted by molar-refractivity contribution is 9.10. The zero-order valence-electron chi connectivity index (χ0n) is 17.8. The predicted octanol–water partition coefficient (Wildman–Crippen LogP) is 4.41. The number of halogens is 1. The third-order valence-corrected chi connectivity index (χ3v) is 6.97. The molecule has 0 aliphatic rings. The van der Waals surface area contributed by atoms with Crippen molar-refractivity contribution in [1.82, 2.24) is 9.73 Å². The van der Waals surface area contributed by atoms with E-state index < -0.39 is 15.9 Å². The summed E-state index contributed by atoms with van der Waals surface area (Å²) in [5.41, 5.74) is 5.98. The Balaban J connectivity index is 1.80. The van der Waals surface area contributed by atoms with E-state index in [1.54, 1.807) is 24.3 Å². The van der Waals surface area contributed by atoms with Crippen molar-refractivity contribution in [1.29, 1.82) is 0 Å². The van der Waals surface area contributed by atoms with Gasteiger partial charge in [-0.15, -0.1) is 0 Å². The van der Waals surface area contributed by atoms with Crippen LogP contribution in [0.25, 0.3) is 0 Å². The molecule has 0 fully saturated rings. The first-order chi connectivity index (χ1) is 15.2. The molecule has 0 spiro atoms. The molecule has 0 unspecified atom stereocenters. The number of hydrazone groups is 1. The quantitative estimate of drug-likeness (QED) is 0.358. The second-order valence-corrected chi connectivity index (χ2v) is 10.3. The van der Waals surface area contributed by atoms with Crippen molar-refractivity contribution in [2.45, 2.75) is 25.3 Å². The first kappa shape index (κ1) is 23.8. The van der Waals surface area contributed by atoms with Gasteiger partial charge in [-0.3, -0.25) is 4.79 Å². The van der Waals surface area contributed by atoms with Gasteiger partial charge in [0, 0.05) is 11.0 Å². The number of amides is 1. The summed E-state index contributed by atoms with van der Waals surface area (Å²) in [5, 5.41) is 3.96. The highest BCUT2D eigenvalue weighted by Gasteiger charge is 2.27. The number of benzene rings is 3. The van der Waals surface area contributed by atoms with E-state index in [0.717, 1.165) is 31.0 Å². The van der Waals surface area contributed by atoms with E-state index in [-0.39, 0.29) is 18.0 Å². The van der Waals surface area contributed by atoms with Crippen LogP contribution in [0.3, 0.4) is 0 Å². The molecular formula is C24H24BrN3O3S. The van der Waals surface area contributed by atoms with Crippen LogP contribution in [0.15, 0.2) is 87.3 Å². The van der Waals surface area contributed by atoms with Crippen LogP contribution in [0.4, 0.5) is 0 Å². The Labute approximate surface area is 197 Å². The number of rotatable bonds is 8. The van der Waals surface area contributed by atoms with E-state index in [9.17, 15) is 13.2 Å². The maximum Gasteiger partial charge on any atom is 0.255 e. The van der Waals surface area contributed by atoms with Gasteiger partial charge in [-0.1, -0.05) is 75.6 Å². The zero-order chi connectivity index (χ0) is 23.1. The number of carbonyl (C=O) groups is 1. The van der Waals surface area contributed by atoms with E-state index in [1.165, 1.54) is 6.21 Å². The molecule has 1 amide bonds. The minimum Gasteiger partial charge on any atom is -0.272 e. The van der Waals surface area contributed by atoms with E-state index in [4.69, 9.17) is 0 Å². The SMILES string of the molecule is Cc1ccc(S(=O)(=O)N(CC(=O)N/N=C\c2cccc(Br)c2)Cc2cccc(C)c2)cc1. The summed E-state index contributed by atoms with van der Waals surface area (Å²) in [7, 11) is -3.89. The molecule has 0 atom stereocenters. The third-order valence-electron chi connectivity index (χ3n) is 4.67. The van der Waals surface area contributed by atoms with Gasteiger partial charge in [0.25, 0.3) is 5.91 Å². The van der Waals surface area contributed by atoms with Crippen molar-refractivity contribution in [3.8, 4) is 0 Å². The Morgan fingerprint density at radius 1 is 1.00 bits per heavy atom. The van der Waals surface area contributed by atoms with Crippen LogP contribution < -0.4 is 5.43 Å². The minimum atomic E-state index is -3.89. The van der Waals surface area contributed by atoms with Crippen LogP contribution in [0.5, 0.6) is 0 Å². The third kappa shape index (κ3) is 6.59. The van der Waals surface area contributed by atoms with Crippen molar-refractivity contribution < 1.29 is 13.2 Å². The monoisotopic (exact) mass is 513 g/mol. The number of aryl methyl sites for hydroxylation is 2. The van der Waals surface area contributed by atoms with Gasteiger partial charge in [-0.2, -0.15) is 9.41 Å². The lowest BCUT2D eigenvalue weighted by atomic mass is 10.1. The Bertz CT molecular complexity index is 1230. The van der Waals surface area contributed by atoms with Gasteiger partial charge in [0.1, 0.15) is 0 Å². The van der Waals surface area contributed by atoms with Gasteiger partial charge in [-0.25, -0.2) is 13.8 Å². The van der Waals surface area contributed by atoms with Gasteiger partial charge in [0.05, 0.1) is 17.7 Å². The zero-order valence-corrected chi connectivity index (χ0v) is 20.2. The molecule has 0 radical (unpaired) electrons. The lowest BCUT2D eigenvalue weighted by molar-refractivity contribution is -0.121. The largest absolute Gasteiger partial charge is 0.272 e. The average Bonchev–Trinajstić information content (AvgIpc) is 2.74. The Morgan fingerprint density at radius 2 is 1.72 bits per heavy atom. The topological polar surface area (TPSA) is 78.8 Å². The maximum atomic E-state index is 13.3. The Morgan fingerprint density at radius 3 is 2.41 bits per heavy atom. The van der Waals surface area contributed by atoms with Crippen LogP contribution in [0, 0.1) is 13.8 Å². The number of sulfonamides is 1. The molecule has 0 aromatic heterocycles. The van der Waals surface area contributed by atoms with Crippen LogP contribution in [-0.4, -0.2) is 31.4 Å². The molecule has 1 N–H and O–H groups in total. The van der Waals surface area contributed by atoms with Crippen molar-refractivity contribution in [3.63, 3.8) is 0 Å². The fraction of sp³-hybridized carbons (Fsp3) is 0.167. The van der Waals surface area contributed by atoms with E-state index >= 15 is 0 Å². The Hall–Kier alpha value is -2.81. The first-order valence-electron chi connectivity index (χ1n) is 9.94. The molecule has 0 heterocycles. The lowest BCUT2D eigenvalue weighted by Crippen LogP contribution is -2.39. The summed E-state index contributed by atoms with van der Waals surface area (Å²) in [6.07, 6.45) is 1.50. The molecule has 3 aromatic rings. The molecule has 3 aromatic carbocycles. The number of nitrogens with one attached hydrogen (secondary N) is 1. The summed E-state index contributed by atoms with van der Waals surface area (Å²) < 4.78 is 28.7. The van der Waals surface area contributed by atoms with Gasteiger partial charge >= 0.3 is 0 Å². The molecule has 3 rings (SSSR count). The van der Waals surface area contributed by atoms with Crippen molar-refractivity contribution in [2.24, 2.45) is 5.10 Å². The average molecular weight is 514 g/mol. The van der Waals surface area contributed by atoms with Crippen LogP contribution in [0.2, 0.25) is 0 Å². The Kier molecular flexibility index (Phi) is 7.95. The predicted molar refractivity (Wildman–Crippen MR) is 130 cm³/mol. The summed E-state index contributed by atoms with van der Waals surface area (Å²) >= 11 is 3.38. The molecule has 0 aliphatic heterocycles. The van der Waals surface area contributed by atoms with E-state index in [0.29, 0.717) is 0 Å².